The zero-order valence-electron chi connectivity index (χ0n) is 6.13. The second kappa shape index (κ2) is 2.99. The van der Waals surface area contributed by atoms with Crippen molar-refractivity contribution in [2.75, 3.05) is 0 Å². The molecule has 1 unspecified atom stereocenters. The molecular formula is C7H14O2. The minimum Gasteiger partial charge on any atom is -0.389 e. The fraction of sp³-hybridized carbons (Fsp3) is 0.714. The summed E-state index contributed by atoms with van der Waals surface area (Å²) in [5, 5.41) is 17.8. The van der Waals surface area contributed by atoms with Gasteiger partial charge in [0, 0.05) is 0 Å². The van der Waals surface area contributed by atoms with E-state index in [-0.39, 0.29) is 0 Å². The fourth-order valence-electron chi connectivity index (χ4n) is 0.375. The first-order valence-corrected chi connectivity index (χ1v) is 3.01. The number of hydrogen-bond donors (Lipinski definition) is 2. The van der Waals surface area contributed by atoms with Crippen molar-refractivity contribution in [3.63, 3.8) is 0 Å². The fourth-order valence-corrected chi connectivity index (χ4v) is 0.375. The molecule has 0 aromatic heterocycles. The molecule has 0 rings (SSSR count). The maximum atomic E-state index is 9.07. The maximum Gasteiger partial charge on any atom is 0.0772 e. The molecule has 0 amide bonds. The van der Waals surface area contributed by atoms with E-state index in [9.17, 15) is 0 Å². The Morgan fingerprint density at radius 3 is 2.00 bits per heavy atom. The average Bonchev–Trinajstić information content (AvgIpc) is 1.59. The second-order valence-corrected chi connectivity index (χ2v) is 2.75. The predicted molar refractivity (Wildman–Crippen MR) is 37.1 cm³/mol. The quantitative estimate of drug-likeness (QED) is 0.540. The van der Waals surface area contributed by atoms with Crippen molar-refractivity contribution in [3.05, 3.63) is 12.2 Å². The third-order valence-electron chi connectivity index (χ3n) is 0.783. The molecule has 0 fully saturated rings. The molecule has 9 heavy (non-hydrogen) atoms. The number of aliphatic hydroxyl groups is 2. The number of aliphatic hydroxyl groups excluding tert-OH is 1. The summed E-state index contributed by atoms with van der Waals surface area (Å²) in [7, 11) is 0. The largest absolute Gasteiger partial charge is 0.389 e. The third kappa shape index (κ3) is 7.66. The lowest BCUT2D eigenvalue weighted by Crippen LogP contribution is -2.14. The van der Waals surface area contributed by atoms with Crippen molar-refractivity contribution in [1.82, 2.24) is 0 Å². The Kier molecular flexibility index (Phi) is 2.88. The Bertz CT molecular complexity index is 98.0. The van der Waals surface area contributed by atoms with Crippen LogP contribution in [0.25, 0.3) is 0 Å². The molecule has 0 aliphatic carbocycles. The van der Waals surface area contributed by atoms with E-state index in [1.165, 1.54) is 0 Å². The van der Waals surface area contributed by atoms with Crippen molar-refractivity contribution in [2.45, 2.75) is 32.5 Å². The van der Waals surface area contributed by atoms with Gasteiger partial charge in [-0.25, -0.2) is 0 Å². The van der Waals surface area contributed by atoms with Crippen LogP contribution in [0.15, 0.2) is 12.2 Å². The highest BCUT2D eigenvalue weighted by Gasteiger charge is 2.05. The zero-order valence-corrected chi connectivity index (χ0v) is 6.13. The van der Waals surface area contributed by atoms with Gasteiger partial charge in [-0.15, -0.1) is 0 Å². The van der Waals surface area contributed by atoms with Crippen molar-refractivity contribution in [1.29, 1.82) is 0 Å². The molecule has 0 aromatic carbocycles. The zero-order chi connectivity index (χ0) is 7.49. The smallest absolute Gasteiger partial charge is 0.0772 e. The summed E-state index contributed by atoms with van der Waals surface area (Å²) >= 11 is 0. The van der Waals surface area contributed by atoms with Crippen molar-refractivity contribution in [2.24, 2.45) is 0 Å². The third-order valence-corrected chi connectivity index (χ3v) is 0.783. The van der Waals surface area contributed by atoms with Crippen molar-refractivity contribution < 1.29 is 10.2 Å². The lowest BCUT2D eigenvalue weighted by Gasteiger charge is -2.10. The Morgan fingerprint density at radius 1 is 1.44 bits per heavy atom. The van der Waals surface area contributed by atoms with E-state index in [0.717, 1.165) is 0 Å². The summed E-state index contributed by atoms with van der Waals surface area (Å²) in [4.78, 5) is 0. The maximum absolute atomic E-state index is 9.07. The molecule has 0 radical (unpaired) electrons. The first-order chi connectivity index (χ1) is 3.92. The first kappa shape index (κ1) is 8.66. The highest BCUT2D eigenvalue weighted by atomic mass is 16.3. The van der Waals surface area contributed by atoms with Gasteiger partial charge in [0.15, 0.2) is 0 Å². The number of hydrogen-bond acceptors (Lipinski definition) is 2. The van der Waals surface area contributed by atoms with E-state index in [4.69, 9.17) is 10.2 Å². The van der Waals surface area contributed by atoms with Gasteiger partial charge in [-0.3, -0.25) is 0 Å². The van der Waals surface area contributed by atoms with Crippen molar-refractivity contribution >= 4 is 0 Å². The van der Waals surface area contributed by atoms with Crippen LogP contribution in [-0.4, -0.2) is 21.9 Å². The van der Waals surface area contributed by atoms with Crippen molar-refractivity contribution in [3.8, 4) is 0 Å². The lowest BCUT2D eigenvalue weighted by molar-refractivity contribution is 0.130. The van der Waals surface area contributed by atoms with E-state index >= 15 is 0 Å². The van der Waals surface area contributed by atoms with Crippen LogP contribution >= 0.6 is 0 Å². The molecule has 0 bridgehead atoms. The summed E-state index contributed by atoms with van der Waals surface area (Å²) in [5.41, 5.74) is -0.809. The van der Waals surface area contributed by atoms with Gasteiger partial charge in [0.2, 0.25) is 0 Å². The van der Waals surface area contributed by atoms with Gasteiger partial charge in [0.1, 0.15) is 0 Å². The van der Waals surface area contributed by atoms with E-state index < -0.39 is 11.7 Å². The second-order valence-electron chi connectivity index (χ2n) is 2.75. The molecule has 2 heteroatoms. The Morgan fingerprint density at radius 2 is 1.89 bits per heavy atom. The van der Waals surface area contributed by atoms with Gasteiger partial charge in [-0.1, -0.05) is 12.2 Å². The Hall–Kier alpha value is -0.340. The number of rotatable bonds is 2. The first-order valence-electron chi connectivity index (χ1n) is 3.01. The molecule has 0 saturated heterocycles. The van der Waals surface area contributed by atoms with Gasteiger partial charge in [0.05, 0.1) is 11.7 Å². The van der Waals surface area contributed by atoms with Crippen LogP contribution in [0.2, 0.25) is 0 Å². The molecule has 0 saturated carbocycles. The molecular weight excluding hydrogens is 116 g/mol. The molecule has 2 N–H and O–H groups in total. The summed E-state index contributed by atoms with van der Waals surface area (Å²) in [6.07, 6.45) is 2.65. The summed E-state index contributed by atoms with van der Waals surface area (Å²) in [6.45, 7) is 4.96. The predicted octanol–water partition coefficient (Wildman–Crippen LogP) is 0.694. The van der Waals surface area contributed by atoms with Gasteiger partial charge >= 0.3 is 0 Å². The van der Waals surface area contributed by atoms with Gasteiger partial charge < -0.3 is 10.2 Å². The highest BCUT2D eigenvalue weighted by molar-refractivity contribution is 4.97. The minimum absolute atomic E-state index is 0.476. The van der Waals surface area contributed by atoms with Crippen LogP contribution in [0.3, 0.4) is 0 Å². The van der Waals surface area contributed by atoms with Crippen LogP contribution < -0.4 is 0 Å². The van der Waals surface area contributed by atoms with Crippen LogP contribution in [0, 0.1) is 0 Å². The monoisotopic (exact) mass is 130 g/mol. The molecule has 54 valence electrons. The summed E-state index contributed by atoms with van der Waals surface area (Å²) < 4.78 is 0. The highest BCUT2D eigenvalue weighted by Crippen LogP contribution is 2.02. The minimum atomic E-state index is -0.809. The molecule has 2 nitrogen and oxygen atoms in total. The molecule has 0 aromatic rings. The van der Waals surface area contributed by atoms with E-state index in [0.29, 0.717) is 0 Å². The van der Waals surface area contributed by atoms with Gasteiger partial charge in [-0.05, 0) is 20.8 Å². The summed E-state index contributed by atoms with van der Waals surface area (Å²) in [5.74, 6) is 0. The molecule has 0 aliphatic heterocycles. The Balaban J connectivity index is 3.71. The van der Waals surface area contributed by atoms with Gasteiger partial charge in [0.25, 0.3) is 0 Å². The summed E-state index contributed by atoms with van der Waals surface area (Å²) in [6, 6.07) is 0. The Labute approximate surface area is 55.8 Å². The standard InChI is InChI=1S/C7H14O2/c1-6(8)4-5-7(2,3)9/h4-6,8-9H,1-3H3. The molecule has 0 heterocycles. The topological polar surface area (TPSA) is 40.5 Å². The molecule has 1 atom stereocenters. The average molecular weight is 130 g/mol. The van der Waals surface area contributed by atoms with E-state index in [1.807, 2.05) is 0 Å². The van der Waals surface area contributed by atoms with Crippen LogP contribution in [0.5, 0.6) is 0 Å². The van der Waals surface area contributed by atoms with E-state index in [1.54, 1.807) is 32.9 Å². The van der Waals surface area contributed by atoms with Crippen LogP contribution in [0.1, 0.15) is 20.8 Å². The van der Waals surface area contributed by atoms with Crippen LogP contribution in [-0.2, 0) is 0 Å². The van der Waals surface area contributed by atoms with Crippen LogP contribution in [0.4, 0.5) is 0 Å². The molecule has 0 aliphatic rings. The molecule has 0 spiro atoms. The normalized spacial score (nSPS) is 16.6. The SMILES string of the molecule is CC(O)C=CC(C)(C)O. The van der Waals surface area contributed by atoms with Gasteiger partial charge in [-0.2, -0.15) is 0 Å². The lowest BCUT2D eigenvalue weighted by atomic mass is 10.1. The van der Waals surface area contributed by atoms with E-state index in [2.05, 4.69) is 0 Å².